The van der Waals surface area contributed by atoms with Gasteiger partial charge < -0.3 is 4.74 Å². The predicted octanol–water partition coefficient (Wildman–Crippen LogP) is 9.52. The minimum absolute atomic E-state index is 0.00961. The highest BCUT2D eigenvalue weighted by atomic mass is 19.4. The number of hydrogen-bond acceptors (Lipinski definition) is 1. The third-order valence-electron chi connectivity index (χ3n) is 8.05. The van der Waals surface area contributed by atoms with E-state index < -0.39 is 23.7 Å². The number of unbranched alkanes of at least 4 members (excludes halogenated alkanes) is 3. The first-order chi connectivity index (χ1) is 17.2. The molecule has 2 aliphatic carbocycles. The van der Waals surface area contributed by atoms with Gasteiger partial charge in [0, 0.05) is 0 Å². The molecule has 0 saturated heterocycles. The van der Waals surface area contributed by atoms with Crippen molar-refractivity contribution in [3.63, 3.8) is 0 Å². The summed E-state index contributed by atoms with van der Waals surface area (Å²) >= 11 is 0. The molecule has 0 heterocycles. The highest BCUT2D eigenvalue weighted by Crippen LogP contribution is 2.42. The molecule has 1 fully saturated rings. The van der Waals surface area contributed by atoms with Gasteiger partial charge in [-0.05, 0) is 97.1 Å². The van der Waals surface area contributed by atoms with E-state index in [-0.39, 0.29) is 35.7 Å². The fraction of sp³-hybridized carbons (Fsp3) is 0.586. The highest BCUT2D eigenvalue weighted by Gasteiger charge is 2.36. The summed E-state index contributed by atoms with van der Waals surface area (Å²) < 4.78 is 85.2. The zero-order valence-corrected chi connectivity index (χ0v) is 20.7. The number of fused-ring (bicyclic) bond motifs is 1. The van der Waals surface area contributed by atoms with Crippen LogP contribution in [0, 0.1) is 23.4 Å². The fourth-order valence-corrected chi connectivity index (χ4v) is 6.07. The van der Waals surface area contributed by atoms with Crippen LogP contribution in [-0.2, 0) is 12.8 Å². The number of hydrogen-bond donors (Lipinski definition) is 0. The Bertz CT molecular complexity index is 1040. The zero-order chi connectivity index (χ0) is 25.9. The molecule has 0 aromatic heterocycles. The monoisotopic (exact) mass is 512 g/mol. The Labute approximate surface area is 209 Å². The van der Waals surface area contributed by atoms with Gasteiger partial charge in [0.15, 0.2) is 11.6 Å². The largest absolute Gasteiger partial charge is 0.573 e. The Hall–Kier alpha value is -2.18. The van der Waals surface area contributed by atoms with Gasteiger partial charge >= 0.3 is 6.36 Å². The van der Waals surface area contributed by atoms with Gasteiger partial charge in [-0.3, -0.25) is 0 Å². The molecule has 4 rings (SSSR count). The van der Waals surface area contributed by atoms with Gasteiger partial charge in [-0.2, -0.15) is 0 Å². The summed E-state index contributed by atoms with van der Waals surface area (Å²) in [5.41, 5.74) is 1.76. The molecule has 7 heteroatoms. The minimum atomic E-state index is -5.19. The molecule has 1 unspecified atom stereocenters. The van der Waals surface area contributed by atoms with Crippen LogP contribution in [0.3, 0.4) is 0 Å². The second-order valence-corrected chi connectivity index (χ2v) is 10.5. The number of ether oxygens (including phenoxy) is 1. The minimum Gasteiger partial charge on any atom is -0.399 e. The van der Waals surface area contributed by atoms with Crippen LogP contribution in [0.5, 0.6) is 5.75 Å². The third-order valence-corrected chi connectivity index (χ3v) is 8.05. The highest BCUT2D eigenvalue weighted by molar-refractivity contribution is 5.43. The van der Waals surface area contributed by atoms with Crippen molar-refractivity contribution in [1.82, 2.24) is 0 Å². The summed E-state index contributed by atoms with van der Waals surface area (Å²) in [5.74, 6) is -3.64. The van der Waals surface area contributed by atoms with Gasteiger partial charge in [-0.1, -0.05) is 51.2 Å². The average Bonchev–Trinajstić information content (AvgIpc) is 2.84. The maximum Gasteiger partial charge on any atom is 0.573 e. The molecule has 198 valence electrons. The van der Waals surface area contributed by atoms with Crippen molar-refractivity contribution in [2.75, 3.05) is 0 Å². The SMILES string of the molecule is CCCCCCC1CCC(c2ccc(C3CCc4c(cc(F)c(OC(F)(F)F)c4F)C3)c(F)c2)CC1. The molecule has 1 atom stereocenters. The van der Waals surface area contributed by atoms with E-state index in [9.17, 15) is 22.0 Å². The molecular weight excluding hydrogens is 478 g/mol. The standard InChI is InChI=1S/C29H34F6O/c1-2-3-4-5-6-18-7-9-19(10-8-18)20-11-13-23(25(30)16-20)21-12-14-24-22(15-21)17-26(31)28(27(24)32)36-29(33,34)35/h11,13,16-19,21H,2-10,12,14-15H2,1H3. The molecule has 0 aliphatic heterocycles. The molecule has 0 radical (unpaired) electrons. The van der Waals surface area contributed by atoms with Crippen LogP contribution in [0.1, 0.15) is 105 Å². The summed E-state index contributed by atoms with van der Waals surface area (Å²) in [6.07, 6.45) is 6.33. The normalized spacial score (nSPS) is 22.4. The number of alkyl halides is 3. The van der Waals surface area contributed by atoms with E-state index in [2.05, 4.69) is 11.7 Å². The topological polar surface area (TPSA) is 9.23 Å². The van der Waals surface area contributed by atoms with E-state index in [1.165, 1.54) is 44.9 Å². The maximum atomic E-state index is 15.2. The van der Waals surface area contributed by atoms with Crippen LogP contribution < -0.4 is 4.74 Å². The lowest BCUT2D eigenvalue weighted by molar-refractivity contribution is -0.276. The second kappa shape index (κ2) is 11.5. The number of benzene rings is 2. The second-order valence-electron chi connectivity index (χ2n) is 10.5. The molecular formula is C29H34F6O. The first-order valence-corrected chi connectivity index (χ1v) is 13.2. The van der Waals surface area contributed by atoms with Crippen molar-refractivity contribution in [3.8, 4) is 5.75 Å². The van der Waals surface area contributed by atoms with E-state index in [0.29, 0.717) is 17.9 Å². The number of halogens is 6. The molecule has 0 amide bonds. The van der Waals surface area contributed by atoms with Gasteiger partial charge in [-0.15, -0.1) is 13.2 Å². The van der Waals surface area contributed by atoms with Crippen molar-refractivity contribution in [2.24, 2.45) is 5.92 Å². The van der Waals surface area contributed by atoms with Crippen LogP contribution in [0.15, 0.2) is 24.3 Å². The van der Waals surface area contributed by atoms with Crippen LogP contribution in [0.4, 0.5) is 26.3 Å². The smallest absolute Gasteiger partial charge is 0.399 e. The first kappa shape index (κ1) is 26.9. The molecule has 36 heavy (non-hydrogen) atoms. The van der Waals surface area contributed by atoms with E-state index >= 15 is 4.39 Å². The zero-order valence-electron chi connectivity index (χ0n) is 20.7. The van der Waals surface area contributed by atoms with E-state index in [0.717, 1.165) is 30.4 Å². The summed E-state index contributed by atoms with van der Waals surface area (Å²) in [5, 5.41) is 0. The fourth-order valence-electron chi connectivity index (χ4n) is 6.07. The predicted molar refractivity (Wildman–Crippen MR) is 128 cm³/mol. The Morgan fingerprint density at radius 2 is 1.61 bits per heavy atom. The summed E-state index contributed by atoms with van der Waals surface area (Å²) in [4.78, 5) is 0. The average molecular weight is 513 g/mol. The van der Waals surface area contributed by atoms with E-state index in [1.54, 1.807) is 12.1 Å². The first-order valence-electron chi connectivity index (χ1n) is 13.2. The van der Waals surface area contributed by atoms with Crippen molar-refractivity contribution in [3.05, 3.63) is 64.0 Å². The molecule has 2 aliphatic rings. The van der Waals surface area contributed by atoms with Gasteiger partial charge in [0.05, 0.1) is 0 Å². The van der Waals surface area contributed by atoms with Crippen molar-refractivity contribution < 1.29 is 31.1 Å². The van der Waals surface area contributed by atoms with Gasteiger partial charge in [0.25, 0.3) is 0 Å². The molecule has 1 nitrogen and oxygen atoms in total. The van der Waals surface area contributed by atoms with E-state index in [4.69, 9.17) is 0 Å². The Morgan fingerprint density at radius 1 is 0.861 bits per heavy atom. The van der Waals surface area contributed by atoms with Crippen LogP contribution in [0.25, 0.3) is 0 Å². The van der Waals surface area contributed by atoms with Crippen LogP contribution in [-0.4, -0.2) is 6.36 Å². The van der Waals surface area contributed by atoms with E-state index in [1.807, 2.05) is 6.07 Å². The van der Waals surface area contributed by atoms with Crippen molar-refractivity contribution in [2.45, 2.75) is 102 Å². The maximum absolute atomic E-state index is 15.2. The molecule has 2 aromatic carbocycles. The molecule has 0 spiro atoms. The molecule has 0 bridgehead atoms. The summed E-state index contributed by atoms with van der Waals surface area (Å²) in [7, 11) is 0. The molecule has 1 saturated carbocycles. The lowest BCUT2D eigenvalue weighted by Crippen LogP contribution is -2.21. The summed E-state index contributed by atoms with van der Waals surface area (Å²) in [6, 6.07) is 6.25. The van der Waals surface area contributed by atoms with Crippen LogP contribution >= 0.6 is 0 Å². The molecule has 0 N–H and O–H groups in total. The Kier molecular flexibility index (Phi) is 8.56. The van der Waals surface area contributed by atoms with Gasteiger partial charge in [0.1, 0.15) is 5.82 Å². The lowest BCUT2D eigenvalue weighted by atomic mass is 9.76. The quantitative estimate of drug-likeness (QED) is 0.253. The third kappa shape index (κ3) is 6.38. The molecule has 2 aromatic rings. The number of rotatable bonds is 8. The Balaban J connectivity index is 1.40. The van der Waals surface area contributed by atoms with Crippen LogP contribution in [0.2, 0.25) is 0 Å². The summed E-state index contributed by atoms with van der Waals surface area (Å²) in [6.45, 7) is 2.22. The van der Waals surface area contributed by atoms with Crippen molar-refractivity contribution in [1.29, 1.82) is 0 Å². The lowest BCUT2D eigenvalue weighted by Gasteiger charge is -2.30. The van der Waals surface area contributed by atoms with Gasteiger partial charge in [0.2, 0.25) is 5.75 Å². The Morgan fingerprint density at radius 3 is 2.28 bits per heavy atom. The van der Waals surface area contributed by atoms with Gasteiger partial charge in [-0.25, -0.2) is 13.2 Å². The van der Waals surface area contributed by atoms with Crippen molar-refractivity contribution >= 4 is 0 Å².